The number of nitro benzene ring substituents is 1. The normalized spacial score (nSPS) is 11.3. The van der Waals surface area contributed by atoms with Crippen LogP contribution in [-0.2, 0) is 11.3 Å². The van der Waals surface area contributed by atoms with E-state index in [4.69, 9.17) is 10.5 Å². The van der Waals surface area contributed by atoms with Crippen LogP contribution >= 0.6 is 0 Å². The minimum atomic E-state index is -0.429. The molecule has 0 aliphatic rings. The standard InChI is InChI=1S/C13H20N4O3/c1-2-20-9-3-8-15-13(14)16-10-11-4-6-12(7-5-11)17(18)19/h4-7H,2-3,8-10H2,1H3,(H3,14,15,16). The van der Waals surface area contributed by atoms with Gasteiger partial charge in [0.2, 0.25) is 0 Å². The van der Waals surface area contributed by atoms with Crippen LogP contribution in [0.1, 0.15) is 18.9 Å². The number of nitrogens with one attached hydrogen (secondary N) is 1. The lowest BCUT2D eigenvalue weighted by atomic mass is 10.2. The molecule has 0 unspecified atom stereocenters. The van der Waals surface area contributed by atoms with Gasteiger partial charge < -0.3 is 15.8 Å². The molecule has 0 heterocycles. The van der Waals surface area contributed by atoms with Gasteiger partial charge in [-0.1, -0.05) is 12.1 Å². The molecule has 20 heavy (non-hydrogen) atoms. The number of rotatable bonds is 8. The van der Waals surface area contributed by atoms with Gasteiger partial charge in [0.15, 0.2) is 5.96 Å². The second-order valence-electron chi connectivity index (χ2n) is 4.10. The molecule has 0 aliphatic carbocycles. The van der Waals surface area contributed by atoms with Crippen LogP contribution in [0, 0.1) is 10.1 Å². The highest BCUT2D eigenvalue weighted by Gasteiger charge is 2.03. The summed E-state index contributed by atoms with van der Waals surface area (Å²) in [4.78, 5) is 14.2. The Labute approximate surface area is 118 Å². The van der Waals surface area contributed by atoms with Gasteiger partial charge in [0, 0.05) is 31.9 Å². The molecule has 0 fully saturated rings. The minimum absolute atomic E-state index is 0.0692. The number of nitro groups is 1. The number of hydrogen-bond donors (Lipinski definition) is 2. The molecule has 0 aliphatic heterocycles. The summed E-state index contributed by atoms with van der Waals surface area (Å²) in [6.45, 7) is 4.45. The Morgan fingerprint density at radius 1 is 1.45 bits per heavy atom. The van der Waals surface area contributed by atoms with Gasteiger partial charge in [-0.3, -0.25) is 10.1 Å². The largest absolute Gasteiger partial charge is 0.382 e. The summed E-state index contributed by atoms with van der Waals surface area (Å²) in [6.07, 6.45) is 0.863. The highest BCUT2D eigenvalue weighted by molar-refractivity contribution is 5.77. The van der Waals surface area contributed by atoms with E-state index in [1.54, 1.807) is 12.1 Å². The van der Waals surface area contributed by atoms with E-state index < -0.39 is 4.92 Å². The zero-order valence-corrected chi connectivity index (χ0v) is 11.5. The molecule has 0 saturated carbocycles. The number of nitrogens with zero attached hydrogens (tertiary/aromatic N) is 2. The van der Waals surface area contributed by atoms with Crippen LogP contribution in [0.2, 0.25) is 0 Å². The fourth-order valence-corrected chi connectivity index (χ4v) is 1.49. The van der Waals surface area contributed by atoms with Crippen molar-refractivity contribution in [3.05, 3.63) is 39.9 Å². The minimum Gasteiger partial charge on any atom is -0.382 e. The van der Waals surface area contributed by atoms with Crippen molar-refractivity contribution in [2.24, 2.45) is 10.7 Å². The van der Waals surface area contributed by atoms with E-state index in [9.17, 15) is 10.1 Å². The van der Waals surface area contributed by atoms with E-state index in [0.717, 1.165) is 12.0 Å². The maximum absolute atomic E-state index is 10.5. The molecule has 0 bridgehead atoms. The number of nitrogens with two attached hydrogens (primary N) is 1. The molecule has 7 heteroatoms. The van der Waals surface area contributed by atoms with Crippen molar-refractivity contribution in [1.29, 1.82) is 0 Å². The Hall–Kier alpha value is -2.15. The number of benzene rings is 1. The van der Waals surface area contributed by atoms with E-state index in [1.807, 2.05) is 6.92 Å². The third-order valence-electron chi connectivity index (χ3n) is 2.55. The van der Waals surface area contributed by atoms with Gasteiger partial charge in [-0.2, -0.15) is 0 Å². The van der Waals surface area contributed by atoms with Crippen LogP contribution in [0.5, 0.6) is 0 Å². The molecular weight excluding hydrogens is 260 g/mol. The summed E-state index contributed by atoms with van der Waals surface area (Å²) >= 11 is 0. The second kappa shape index (κ2) is 8.87. The number of ether oxygens (including phenoxy) is 1. The lowest BCUT2D eigenvalue weighted by Crippen LogP contribution is -2.32. The van der Waals surface area contributed by atoms with Crippen molar-refractivity contribution >= 4 is 11.6 Å². The topological polar surface area (TPSA) is 103 Å². The van der Waals surface area contributed by atoms with Crippen molar-refractivity contribution < 1.29 is 9.66 Å². The lowest BCUT2D eigenvalue weighted by molar-refractivity contribution is -0.384. The Morgan fingerprint density at radius 3 is 2.75 bits per heavy atom. The molecule has 0 saturated heterocycles. The molecule has 1 rings (SSSR count). The summed E-state index contributed by atoms with van der Waals surface area (Å²) in [5, 5.41) is 13.5. The van der Waals surface area contributed by atoms with Crippen LogP contribution in [0.25, 0.3) is 0 Å². The number of non-ortho nitro benzene ring substituents is 1. The quantitative estimate of drug-likeness (QED) is 0.246. The molecule has 0 radical (unpaired) electrons. The van der Waals surface area contributed by atoms with E-state index >= 15 is 0 Å². The van der Waals surface area contributed by atoms with Crippen molar-refractivity contribution in [3.63, 3.8) is 0 Å². The first-order chi connectivity index (χ1) is 9.63. The Bertz CT molecular complexity index is 445. The summed E-state index contributed by atoms with van der Waals surface area (Å²) in [6, 6.07) is 6.25. The molecule has 0 aromatic heterocycles. The molecule has 0 spiro atoms. The highest BCUT2D eigenvalue weighted by atomic mass is 16.6. The summed E-state index contributed by atoms with van der Waals surface area (Å²) in [5.74, 6) is 0.361. The molecule has 7 nitrogen and oxygen atoms in total. The molecule has 0 amide bonds. The maximum atomic E-state index is 10.5. The van der Waals surface area contributed by atoms with Crippen molar-refractivity contribution in [1.82, 2.24) is 5.32 Å². The molecule has 110 valence electrons. The Kier molecular flexibility index (Phi) is 7.05. The smallest absolute Gasteiger partial charge is 0.269 e. The third-order valence-corrected chi connectivity index (χ3v) is 2.55. The monoisotopic (exact) mass is 280 g/mol. The Morgan fingerprint density at radius 2 is 2.15 bits per heavy atom. The Balaban J connectivity index is 2.33. The van der Waals surface area contributed by atoms with Gasteiger partial charge in [-0.25, -0.2) is 4.99 Å². The average molecular weight is 280 g/mol. The zero-order chi connectivity index (χ0) is 14.8. The number of hydrogen-bond acceptors (Lipinski definition) is 4. The molecular formula is C13H20N4O3. The van der Waals surface area contributed by atoms with Gasteiger partial charge in [-0.15, -0.1) is 0 Å². The molecule has 3 N–H and O–H groups in total. The average Bonchev–Trinajstić information content (AvgIpc) is 2.45. The molecule has 0 atom stereocenters. The van der Waals surface area contributed by atoms with E-state index in [1.165, 1.54) is 12.1 Å². The SMILES string of the molecule is CCOCCCNC(N)=NCc1ccc([N+](=O)[O-])cc1. The highest BCUT2D eigenvalue weighted by Crippen LogP contribution is 2.12. The molecule has 1 aromatic rings. The lowest BCUT2D eigenvalue weighted by Gasteiger charge is -2.05. The van der Waals surface area contributed by atoms with E-state index in [2.05, 4.69) is 10.3 Å². The van der Waals surface area contributed by atoms with Gasteiger partial charge in [0.25, 0.3) is 5.69 Å². The third kappa shape index (κ3) is 6.14. The predicted octanol–water partition coefficient (Wildman–Crippen LogP) is 1.43. The van der Waals surface area contributed by atoms with Gasteiger partial charge in [-0.05, 0) is 18.9 Å². The van der Waals surface area contributed by atoms with Crippen molar-refractivity contribution in [3.8, 4) is 0 Å². The fraction of sp³-hybridized carbons (Fsp3) is 0.462. The van der Waals surface area contributed by atoms with Crippen molar-refractivity contribution in [2.45, 2.75) is 19.9 Å². The van der Waals surface area contributed by atoms with Crippen LogP contribution in [0.3, 0.4) is 0 Å². The number of aliphatic imine (C=N–C) groups is 1. The second-order valence-corrected chi connectivity index (χ2v) is 4.10. The van der Waals surface area contributed by atoms with E-state index in [0.29, 0.717) is 32.3 Å². The van der Waals surface area contributed by atoms with Crippen LogP contribution in [-0.4, -0.2) is 30.6 Å². The first kappa shape index (κ1) is 15.9. The number of guanidine groups is 1. The summed E-state index contributed by atoms with van der Waals surface area (Å²) < 4.78 is 5.20. The molecule has 1 aromatic carbocycles. The first-order valence-corrected chi connectivity index (χ1v) is 6.48. The van der Waals surface area contributed by atoms with Gasteiger partial charge in [0.1, 0.15) is 0 Å². The van der Waals surface area contributed by atoms with Crippen molar-refractivity contribution in [2.75, 3.05) is 19.8 Å². The fourth-order valence-electron chi connectivity index (χ4n) is 1.49. The van der Waals surface area contributed by atoms with Gasteiger partial charge in [0.05, 0.1) is 11.5 Å². The zero-order valence-electron chi connectivity index (χ0n) is 11.5. The first-order valence-electron chi connectivity index (χ1n) is 6.48. The van der Waals surface area contributed by atoms with Crippen LogP contribution < -0.4 is 11.1 Å². The summed E-state index contributed by atoms with van der Waals surface area (Å²) in [7, 11) is 0. The van der Waals surface area contributed by atoms with E-state index in [-0.39, 0.29) is 5.69 Å². The maximum Gasteiger partial charge on any atom is 0.269 e. The summed E-state index contributed by atoms with van der Waals surface area (Å²) in [5.41, 5.74) is 6.64. The van der Waals surface area contributed by atoms with Crippen LogP contribution in [0.4, 0.5) is 5.69 Å². The van der Waals surface area contributed by atoms with Crippen LogP contribution in [0.15, 0.2) is 29.3 Å². The van der Waals surface area contributed by atoms with Gasteiger partial charge >= 0.3 is 0 Å². The predicted molar refractivity (Wildman–Crippen MR) is 77.5 cm³/mol.